The van der Waals surface area contributed by atoms with Crippen molar-refractivity contribution in [1.82, 2.24) is 5.32 Å². The van der Waals surface area contributed by atoms with Crippen LogP contribution in [0.5, 0.6) is 11.5 Å². The number of amides is 3. The number of amidine groups is 1. The van der Waals surface area contributed by atoms with Gasteiger partial charge in [-0.15, -0.1) is 0 Å². The highest BCUT2D eigenvalue weighted by Crippen LogP contribution is 2.33. The van der Waals surface area contributed by atoms with E-state index in [-0.39, 0.29) is 11.2 Å². The summed E-state index contributed by atoms with van der Waals surface area (Å²) >= 11 is 1.44. The van der Waals surface area contributed by atoms with E-state index in [0.717, 1.165) is 12.8 Å². The molecule has 1 aromatic rings. The van der Waals surface area contributed by atoms with Gasteiger partial charge in [-0.1, -0.05) is 37.4 Å². The Hall–Kier alpha value is -2.42. The molecular formula is C21H30N4O4S. The minimum Gasteiger partial charge on any atom is -0.497 e. The molecular weight excluding hydrogens is 404 g/mol. The number of primary amides is 1. The topological polar surface area (TPSA) is 106 Å². The van der Waals surface area contributed by atoms with Crippen molar-refractivity contribution in [1.29, 1.82) is 0 Å². The minimum absolute atomic E-state index is 0.0708. The fraction of sp³-hybridized carbons (Fsp3) is 0.571. The van der Waals surface area contributed by atoms with Crippen LogP contribution in [-0.4, -0.2) is 49.2 Å². The molecule has 1 heterocycles. The number of carbonyl (C=O) groups excluding carboxylic acids is 2. The van der Waals surface area contributed by atoms with Gasteiger partial charge in [0, 0.05) is 12.6 Å². The standard InChI is InChI=1S/C21H30N4O4S/c1-28-15-9-10-16(17(13-15)29-2)25(20(22)27)12-11-18-19(26)24-21(30-18)23-14-7-5-3-4-6-8-14/h9-10,13-14,18H,3-8,11-12H2,1-2H3,(H2,22,27)(H,23,24,26). The number of rotatable bonds is 7. The number of anilines is 1. The van der Waals surface area contributed by atoms with E-state index in [2.05, 4.69) is 5.32 Å². The van der Waals surface area contributed by atoms with Gasteiger partial charge in [-0.2, -0.15) is 0 Å². The molecule has 0 bridgehead atoms. The number of aliphatic imine (C=N–C) groups is 1. The zero-order valence-electron chi connectivity index (χ0n) is 17.6. The van der Waals surface area contributed by atoms with Gasteiger partial charge in [0.2, 0.25) is 5.91 Å². The second-order valence-electron chi connectivity index (χ2n) is 7.49. The van der Waals surface area contributed by atoms with Crippen LogP contribution in [0.15, 0.2) is 23.2 Å². The Morgan fingerprint density at radius 2 is 1.97 bits per heavy atom. The first-order chi connectivity index (χ1) is 14.5. The van der Waals surface area contributed by atoms with E-state index >= 15 is 0 Å². The third-order valence-electron chi connectivity index (χ3n) is 5.46. The van der Waals surface area contributed by atoms with Crippen molar-refractivity contribution < 1.29 is 19.1 Å². The van der Waals surface area contributed by atoms with E-state index < -0.39 is 6.03 Å². The summed E-state index contributed by atoms with van der Waals surface area (Å²) in [5.41, 5.74) is 6.16. The van der Waals surface area contributed by atoms with Crippen LogP contribution < -0.4 is 25.4 Å². The second kappa shape index (κ2) is 10.6. The smallest absolute Gasteiger partial charge is 0.319 e. The Morgan fingerprint density at radius 3 is 2.60 bits per heavy atom. The number of hydrogen-bond acceptors (Lipinski definition) is 6. The molecule has 30 heavy (non-hydrogen) atoms. The van der Waals surface area contributed by atoms with Gasteiger partial charge in [-0.3, -0.25) is 14.7 Å². The number of nitrogens with zero attached hydrogens (tertiary/aromatic N) is 2. The number of thioether (sulfide) groups is 1. The molecule has 1 saturated heterocycles. The molecule has 3 N–H and O–H groups in total. The van der Waals surface area contributed by atoms with Gasteiger partial charge in [0.15, 0.2) is 5.17 Å². The van der Waals surface area contributed by atoms with Crippen LogP contribution in [0.25, 0.3) is 0 Å². The Kier molecular flexibility index (Phi) is 7.84. The van der Waals surface area contributed by atoms with Crippen LogP contribution in [-0.2, 0) is 4.79 Å². The Labute approximate surface area is 181 Å². The SMILES string of the molecule is COc1ccc(N(CCC2SC(=NC3CCCCCC3)NC2=O)C(N)=O)c(OC)c1. The van der Waals surface area contributed by atoms with Crippen molar-refractivity contribution in [2.75, 3.05) is 25.7 Å². The lowest BCUT2D eigenvalue weighted by Gasteiger charge is -2.23. The van der Waals surface area contributed by atoms with Crippen LogP contribution in [0, 0.1) is 0 Å². The molecule has 1 aliphatic carbocycles. The van der Waals surface area contributed by atoms with Gasteiger partial charge in [-0.05, 0) is 31.4 Å². The van der Waals surface area contributed by atoms with Crippen molar-refractivity contribution in [3.63, 3.8) is 0 Å². The molecule has 1 aliphatic heterocycles. The summed E-state index contributed by atoms with van der Waals surface area (Å²) in [5.74, 6) is 1.02. The van der Waals surface area contributed by atoms with Crippen LogP contribution in [0.3, 0.4) is 0 Å². The monoisotopic (exact) mass is 434 g/mol. The molecule has 1 aromatic carbocycles. The van der Waals surface area contributed by atoms with E-state index in [0.29, 0.717) is 41.4 Å². The van der Waals surface area contributed by atoms with Gasteiger partial charge in [0.05, 0.1) is 31.2 Å². The third kappa shape index (κ3) is 5.59. The second-order valence-corrected chi connectivity index (χ2v) is 8.68. The number of ether oxygens (including phenoxy) is 2. The fourth-order valence-corrected chi connectivity index (χ4v) is 4.84. The first-order valence-corrected chi connectivity index (χ1v) is 11.2. The number of nitrogens with one attached hydrogen (secondary N) is 1. The predicted octanol–water partition coefficient (Wildman–Crippen LogP) is 3.29. The van der Waals surface area contributed by atoms with Crippen LogP contribution in [0.1, 0.15) is 44.9 Å². The third-order valence-corrected chi connectivity index (χ3v) is 6.62. The van der Waals surface area contributed by atoms with Gasteiger partial charge in [0.25, 0.3) is 0 Å². The van der Waals surface area contributed by atoms with Crippen molar-refractivity contribution >= 4 is 34.6 Å². The number of hydrogen-bond donors (Lipinski definition) is 2. The zero-order chi connectivity index (χ0) is 21.5. The van der Waals surface area contributed by atoms with Crippen molar-refractivity contribution in [3.8, 4) is 11.5 Å². The maximum absolute atomic E-state index is 12.4. The van der Waals surface area contributed by atoms with Crippen LogP contribution in [0.4, 0.5) is 10.5 Å². The van der Waals surface area contributed by atoms with Gasteiger partial charge >= 0.3 is 6.03 Å². The fourth-order valence-electron chi connectivity index (χ4n) is 3.81. The lowest BCUT2D eigenvalue weighted by Crippen LogP contribution is -2.38. The summed E-state index contributed by atoms with van der Waals surface area (Å²) in [6.07, 6.45) is 7.54. The van der Waals surface area contributed by atoms with E-state index in [1.807, 2.05) is 0 Å². The summed E-state index contributed by atoms with van der Waals surface area (Å²) in [6, 6.07) is 4.85. The average Bonchev–Trinajstić information content (AvgIpc) is 2.92. The van der Waals surface area contributed by atoms with Gasteiger partial charge in [-0.25, -0.2) is 4.79 Å². The van der Waals surface area contributed by atoms with E-state index in [9.17, 15) is 9.59 Å². The first-order valence-electron chi connectivity index (χ1n) is 10.4. The summed E-state index contributed by atoms with van der Waals surface area (Å²) < 4.78 is 10.6. The summed E-state index contributed by atoms with van der Waals surface area (Å²) in [7, 11) is 3.08. The van der Waals surface area contributed by atoms with Crippen LogP contribution in [0.2, 0.25) is 0 Å². The highest BCUT2D eigenvalue weighted by molar-refractivity contribution is 8.15. The van der Waals surface area contributed by atoms with E-state index in [4.69, 9.17) is 20.2 Å². The quantitative estimate of drug-likeness (QED) is 0.641. The largest absolute Gasteiger partial charge is 0.497 e. The molecule has 0 radical (unpaired) electrons. The molecule has 1 atom stereocenters. The van der Waals surface area contributed by atoms with E-state index in [1.165, 1.54) is 49.5 Å². The van der Waals surface area contributed by atoms with Crippen molar-refractivity contribution in [3.05, 3.63) is 18.2 Å². The number of carbonyl (C=O) groups is 2. The maximum atomic E-state index is 12.4. The molecule has 2 aliphatic rings. The van der Waals surface area contributed by atoms with Gasteiger partial charge < -0.3 is 20.5 Å². The first kappa shape index (κ1) is 22.3. The van der Waals surface area contributed by atoms with Crippen molar-refractivity contribution in [2.24, 2.45) is 10.7 Å². The molecule has 3 amide bonds. The van der Waals surface area contributed by atoms with Crippen molar-refractivity contribution in [2.45, 2.75) is 56.2 Å². The average molecular weight is 435 g/mol. The molecule has 164 valence electrons. The summed E-state index contributed by atoms with van der Waals surface area (Å²) in [4.78, 5) is 30.7. The summed E-state index contributed by atoms with van der Waals surface area (Å²) in [6.45, 7) is 0.291. The van der Waals surface area contributed by atoms with E-state index in [1.54, 1.807) is 25.3 Å². The molecule has 1 saturated carbocycles. The Bertz CT molecular complexity index is 793. The zero-order valence-corrected chi connectivity index (χ0v) is 18.4. The normalized spacial score (nSPS) is 21.2. The molecule has 3 rings (SSSR count). The lowest BCUT2D eigenvalue weighted by atomic mass is 10.1. The van der Waals surface area contributed by atoms with Gasteiger partial charge in [0.1, 0.15) is 11.5 Å². The highest BCUT2D eigenvalue weighted by atomic mass is 32.2. The summed E-state index contributed by atoms with van der Waals surface area (Å²) in [5, 5.41) is 3.29. The molecule has 1 unspecified atom stereocenters. The maximum Gasteiger partial charge on any atom is 0.319 e. The Balaban J connectivity index is 1.65. The molecule has 9 heteroatoms. The minimum atomic E-state index is -0.603. The molecule has 8 nitrogen and oxygen atoms in total. The number of benzene rings is 1. The van der Waals surface area contributed by atoms with Crippen LogP contribution >= 0.6 is 11.8 Å². The molecule has 2 fully saturated rings. The number of nitrogens with two attached hydrogens (primary N) is 1. The number of urea groups is 1. The lowest BCUT2D eigenvalue weighted by molar-refractivity contribution is -0.118. The number of methoxy groups -OCH3 is 2. The molecule has 0 spiro atoms. The highest BCUT2D eigenvalue weighted by Gasteiger charge is 2.32. The predicted molar refractivity (Wildman–Crippen MR) is 120 cm³/mol. The Morgan fingerprint density at radius 1 is 1.23 bits per heavy atom. The molecule has 0 aromatic heterocycles.